The molecule has 0 spiro atoms. The Labute approximate surface area is 310 Å². The monoisotopic (exact) mass is 687 g/mol. The molecule has 2 heterocycles. The summed E-state index contributed by atoms with van der Waals surface area (Å²) in [5.74, 6) is 0.883. The zero-order valence-electron chi connectivity index (χ0n) is 30.5. The molecule has 0 saturated carbocycles. The van der Waals surface area contributed by atoms with Crippen LogP contribution in [0.1, 0.15) is 23.6 Å². The molecule has 0 atom stereocenters. The van der Waals surface area contributed by atoms with Crippen LogP contribution < -0.4 is 9.80 Å². The molecule has 258 valence electrons. The average Bonchev–Trinajstić information content (AvgIpc) is 3.77. The number of nitrogens with one attached hydrogen (secondary N) is 1. The maximum Gasteiger partial charge on any atom is 0.138 e. The Balaban J connectivity index is 1.17. The van der Waals surface area contributed by atoms with Crippen molar-refractivity contribution < 1.29 is 0 Å². The summed E-state index contributed by atoms with van der Waals surface area (Å²) in [6.07, 6.45) is 0. The molecular formula is C48H41N5. The van der Waals surface area contributed by atoms with Crippen molar-refractivity contribution in [3.05, 3.63) is 174 Å². The molecule has 7 aromatic carbocycles. The van der Waals surface area contributed by atoms with E-state index in [0.29, 0.717) is 0 Å². The van der Waals surface area contributed by atoms with Crippen molar-refractivity contribution in [2.45, 2.75) is 34.2 Å². The first-order valence-electron chi connectivity index (χ1n) is 18.3. The molecule has 0 unspecified atom stereocenters. The van der Waals surface area contributed by atoms with Crippen LogP contribution in [0.3, 0.4) is 0 Å². The topological polar surface area (TPSA) is 40.1 Å². The van der Waals surface area contributed by atoms with E-state index in [1.807, 2.05) is 12.1 Å². The van der Waals surface area contributed by atoms with Crippen molar-refractivity contribution in [1.82, 2.24) is 14.5 Å². The zero-order chi connectivity index (χ0) is 36.1. The largest absolute Gasteiger partial charge is 0.341 e. The van der Waals surface area contributed by atoms with Crippen LogP contribution in [0, 0.1) is 20.8 Å². The van der Waals surface area contributed by atoms with E-state index in [2.05, 4.69) is 193 Å². The molecule has 5 heteroatoms. The van der Waals surface area contributed by atoms with E-state index in [1.54, 1.807) is 0 Å². The Hall–Kier alpha value is -6.59. The van der Waals surface area contributed by atoms with Gasteiger partial charge in [0.05, 0.1) is 11.0 Å². The molecule has 0 aliphatic heterocycles. The summed E-state index contributed by atoms with van der Waals surface area (Å²) in [7, 11) is 0. The first kappa shape index (κ1) is 32.3. The average molecular weight is 688 g/mol. The molecule has 0 bridgehead atoms. The fourth-order valence-corrected chi connectivity index (χ4v) is 7.54. The van der Waals surface area contributed by atoms with Crippen molar-refractivity contribution in [2.75, 3.05) is 9.80 Å². The molecule has 2 aromatic heterocycles. The van der Waals surface area contributed by atoms with Gasteiger partial charge in [-0.05, 0) is 137 Å². The molecule has 0 saturated heterocycles. The van der Waals surface area contributed by atoms with Gasteiger partial charge in [0.2, 0.25) is 0 Å². The summed E-state index contributed by atoms with van der Waals surface area (Å²) in [4.78, 5) is 13.1. The summed E-state index contributed by atoms with van der Waals surface area (Å²) in [5, 5.41) is 2.43. The van der Waals surface area contributed by atoms with E-state index in [9.17, 15) is 0 Å². The number of fused-ring (bicyclic) bond motifs is 4. The number of aromatic nitrogens is 3. The lowest BCUT2D eigenvalue weighted by Crippen LogP contribution is -2.12. The van der Waals surface area contributed by atoms with Gasteiger partial charge in [-0.25, -0.2) is 4.98 Å². The maximum absolute atomic E-state index is 4.92. The normalized spacial score (nSPS) is 11.5. The van der Waals surface area contributed by atoms with Gasteiger partial charge in [0.1, 0.15) is 5.82 Å². The van der Waals surface area contributed by atoms with Gasteiger partial charge in [0.25, 0.3) is 0 Å². The number of H-pyrrole nitrogens is 1. The Kier molecular flexibility index (Phi) is 8.04. The van der Waals surface area contributed by atoms with Crippen LogP contribution in [-0.4, -0.2) is 14.5 Å². The molecule has 0 amide bonds. The lowest BCUT2D eigenvalue weighted by Gasteiger charge is -2.28. The molecule has 9 rings (SSSR count). The molecule has 53 heavy (non-hydrogen) atoms. The van der Waals surface area contributed by atoms with Crippen molar-refractivity contribution in [1.29, 1.82) is 0 Å². The SMILES string of the molecule is CCn1c2ccc(-c3nc4ccccc4[nH]3)cc2c2cc(N(c3ccc(C)cc3)c3ccc(N(c4ccc(C)cc4)c4ccc(C)cc4)cc3)ccc21. The van der Waals surface area contributed by atoms with Gasteiger partial charge in [-0.1, -0.05) is 65.2 Å². The Morgan fingerprint density at radius 3 is 1.43 bits per heavy atom. The van der Waals surface area contributed by atoms with Gasteiger partial charge in [0.15, 0.2) is 0 Å². The van der Waals surface area contributed by atoms with Crippen LogP contribution in [0.4, 0.5) is 34.1 Å². The number of benzene rings is 7. The number of nitrogens with zero attached hydrogens (tertiary/aromatic N) is 4. The second-order valence-electron chi connectivity index (χ2n) is 14.0. The molecular weight excluding hydrogens is 647 g/mol. The Morgan fingerprint density at radius 1 is 0.491 bits per heavy atom. The van der Waals surface area contributed by atoms with Crippen molar-refractivity contribution >= 4 is 67.0 Å². The van der Waals surface area contributed by atoms with E-state index in [-0.39, 0.29) is 0 Å². The predicted octanol–water partition coefficient (Wildman–Crippen LogP) is 13.2. The van der Waals surface area contributed by atoms with Crippen molar-refractivity contribution in [3.8, 4) is 11.4 Å². The summed E-state index contributed by atoms with van der Waals surface area (Å²) in [5.41, 5.74) is 15.9. The van der Waals surface area contributed by atoms with Crippen LogP contribution in [0.2, 0.25) is 0 Å². The highest BCUT2D eigenvalue weighted by molar-refractivity contribution is 6.10. The number of aryl methyl sites for hydroxylation is 4. The number of imidazole rings is 1. The second-order valence-corrected chi connectivity index (χ2v) is 14.0. The third-order valence-electron chi connectivity index (χ3n) is 10.3. The Bertz CT molecular complexity index is 2640. The van der Waals surface area contributed by atoms with E-state index in [4.69, 9.17) is 4.98 Å². The van der Waals surface area contributed by atoms with Crippen LogP contribution >= 0.6 is 0 Å². The summed E-state index contributed by atoms with van der Waals surface area (Å²) >= 11 is 0. The van der Waals surface area contributed by atoms with E-state index < -0.39 is 0 Å². The summed E-state index contributed by atoms with van der Waals surface area (Å²) in [6.45, 7) is 9.50. The molecule has 0 fully saturated rings. The number of aromatic amines is 1. The van der Waals surface area contributed by atoms with Gasteiger partial charge in [0, 0.05) is 68.0 Å². The van der Waals surface area contributed by atoms with E-state index in [0.717, 1.165) is 63.1 Å². The smallest absolute Gasteiger partial charge is 0.138 e. The molecule has 9 aromatic rings. The van der Waals surface area contributed by atoms with Gasteiger partial charge in [-0.2, -0.15) is 0 Å². The summed E-state index contributed by atoms with van der Waals surface area (Å²) < 4.78 is 2.41. The van der Waals surface area contributed by atoms with E-state index >= 15 is 0 Å². The number of hydrogen-bond donors (Lipinski definition) is 1. The van der Waals surface area contributed by atoms with E-state index in [1.165, 1.54) is 38.5 Å². The Morgan fingerprint density at radius 2 is 0.925 bits per heavy atom. The van der Waals surface area contributed by atoms with Gasteiger partial charge in [-0.15, -0.1) is 0 Å². The standard InChI is InChI=1S/C48H41N5/c1-5-51-46-28-16-35(48-49-44-8-6-7-9-45(44)50-48)30-42(46)43-31-41(27-29-47(43)51)53(38-21-14-34(4)15-22-38)40-25-23-39(24-26-40)52(36-17-10-32(2)11-18-36)37-19-12-33(3)13-20-37/h6-31H,5H2,1-4H3,(H,49,50). The first-order valence-corrected chi connectivity index (χ1v) is 18.3. The van der Waals surface area contributed by atoms with Crippen LogP contribution in [0.5, 0.6) is 0 Å². The van der Waals surface area contributed by atoms with Gasteiger partial charge in [-0.3, -0.25) is 0 Å². The fourth-order valence-electron chi connectivity index (χ4n) is 7.54. The minimum Gasteiger partial charge on any atom is -0.341 e. The van der Waals surface area contributed by atoms with Gasteiger partial charge < -0.3 is 19.4 Å². The third kappa shape index (κ3) is 5.90. The molecule has 0 aliphatic carbocycles. The number of hydrogen-bond acceptors (Lipinski definition) is 3. The fraction of sp³-hybridized carbons (Fsp3) is 0.104. The highest BCUT2D eigenvalue weighted by Gasteiger charge is 2.19. The van der Waals surface area contributed by atoms with Crippen molar-refractivity contribution in [2.24, 2.45) is 0 Å². The van der Waals surface area contributed by atoms with Gasteiger partial charge >= 0.3 is 0 Å². The lowest BCUT2D eigenvalue weighted by atomic mass is 10.1. The second kappa shape index (κ2) is 13.2. The molecule has 0 aliphatic rings. The highest BCUT2D eigenvalue weighted by atomic mass is 15.2. The molecule has 5 nitrogen and oxygen atoms in total. The predicted molar refractivity (Wildman–Crippen MR) is 224 cm³/mol. The number of rotatable bonds is 8. The lowest BCUT2D eigenvalue weighted by molar-refractivity contribution is 0.827. The molecule has 0 radical (unpaired) electrons. The van der Waals surface area contributed by atoms with Crippen molar-refractivity contribution in [3.63, 3.8) is 0 Å². The quantitative estimate of drug-likeness (QED) is 0.173. The number of para-hydroxylation sites is 2. The van der Waals surface area contributed by atoms with Crippen LogP contribution in [-0.2, 0) is 6.54 Å². The maximum atomic E-state index is 4.92. The summed E-state index contributed by atoms with van der Waals surface area (Å²) in [6, 6.07) is 57.1. The first-order chi connectivity index (χ1) is 25.9. The zero-order valence-corrected chi connectivity index (χ0v) is 30.5. The minimum atomic E-state index is 0.880. The molecule has 1 N–H and O–H groups in total. The van der Waals surface area contributed by atoms with Crippen LogP contribution in [0.15, 0.2) is 158 Å². The van der Waals surface area contributed by atoms with Crippen LogP contribution in [0.25, 0.3) is 44.2 Å². The number of anilines is 6. The highest BCUT2D eigenvalue weighted by Crippen LogP contribution is 2.42. The minimum absolute atomic E-state index is 0.880. The third-order valence-corrected chi connectivity index (χ3v) is 10.3.